The highest BCUT2D eigenvalue weighted by atomic mass is 79.9. The highest BCUT2D eigenvalue weighted by Gasteiger charge is 2.42. The number of carbonyl (C=O) groups is 1. The molecule has 1 aliphatic heterocycles. The van der Waals surface area contributed by atoms with Gasteiger partial charge in [-0.05, 0) is 79.3 Å². The van der Waals surface area contributed by atoms with Crippen LogP contribution in [-0.4, -0.2) is 10.7 Å². The molecule has 1 heterocycles. The van der Waals surface area contributed by atoms with Gasteiger partial charge in [-0.2, -0.15) is 5.26 Å². The lowest BCUT2D eigenvalue weighted by atomic mass is 9.74. The van der Waals surface area contributed by atoms with Crippen LogP contribution in [0.15, 0.2) is 87.8 Å². The normalized spacial score (nSPS) is 17.0. The van der Waals surface area contributed by atoms with Gasteiger partial charge in [0.1, 0.15) is 23.9 Å². The van der Waals surface area contributed by atoms with E-state index in [1.807, 2.05) is 50.2 Å². The molecule has 40 heavy (non-hydrogen) atoms. The summed E-state index contributed by atoms with van der Waals surface area (Å²) < 4.78 is 7.00. The van der Waals surface area contributed by atoms with E-state index < -0.39 is 10.8 Å². The maximum absolute atomic E-state index is 13.6. The summed E-state index contributed by atoms with van der Waals surface area (Å²) in [7, 11) is 0. The van der Waals surface area contributed by atoms with Crippen molar-refractivity contribution in [1.29, 1.82) is 5.26 Å². The number of nitro groups is 1. The molecule has 5 rings (SSSR count). The minimum absolute atomic E-state index is 0.0808. The minimum Gasteiger partial charge on any atom is -0.489 e. The highest BCUT2D eigenvalue weighted by molar-refractivity contribution is 9.10. The molecule has 0 aromatic heterocycles. The fourth-order valence-electron chi connectivity index (χ4n) is 5.55. The number of nitrogens with two attached hydrogens (primary N) is 1. The van der Waals surface area contributed by atoms with Crippen LogP contribution in [0.2, 0.25) is 0 Å². The van der Waals surface area contributed by atoms with E-state index in [0.717, 1.165) is 32.5 Å². The van der Waals surface area contributed by atoms with Crippen molar-refractivity contribution >= 4 is 33.1 Å². The summed E-state index contributed by atoms with van der Waals surface area (Å²) in [6.07, 6.45) is 1.44. The van der Waals surface area contributed by atoms with Gasteiger partial charge in [0.15, 0.2) is 5.78 Å². The Morgan fingerprint density at radius 2 is 1.85 bits per heavy atom. The van der Waals surface area contributed by atoms with E-state index in [2.05, 4.69) is 22.0 Å². The molecule has 0 spiro atoms. The molecule has 0 saturated heterocycles. The summed E-state index contributed by atoms with van der Waals surface area (Å²) in [6, 6.07) is 20.1. The third kappa shape index (κ3) is 4.87. The molecule has 0 radical (unpaired) electrons. The molecule has 2 N–H and O–H groups in total. The number of allylic oxidation sites excluding steroid dienone is 3. The molecule has 2 aliphatic rings. The monoisotopic (exact) mass is 598 g/mol. The number of para-hydroxylation sites is 2. The van der Waals surface area contributed by atoms with E-state index in [1.54, 1.807) is 23.1 Å². The van der Waals surface area contributed by atoms with Crippen LogP contribution in [0.3, 0.4) is 0 Å². The second-order valence-corrected chi connectivity index (χ2v) is 10.9. The molecule has 202 valence electrons. The molecule has 3 aromatic rings. The zero-order chi connectivity index (χ0) is 28.6. The van der Waals surface area contributed by atoms with E-state index in [1.165, 1.54) is 6.07 Å². The third-order valence-corrected chi connectivity index (χ3v) is 8.00. The van der Waals surface area contributed by atoms with E-state index >= 15 is 0 Å². The maximum atomic E-state index is 13.6. The Morgan fingerprint density at radius 1 is 1.12 bits per heavy atom. The Balaban J connectivity index is 1.65. The largest absolute Gasteiger partial charge is 0.489 e. The number of carbonyl (C=O) groups excluding carboxylic acids is 1. The number of ether oxygens (including phenoxy) is 1. The zero-order valence-electron chi connectivity index (χ0n) is 22.1. The van der Waals surface area contributed by atoms with Crippen molar-refractivity contribution < 1.29 is 14.5 Å². The number of hydrogen-bond donors (Lipinski definition) is 1. The van der Waals surface area contributed by atoms with E-state index in [4.69, 9.17) is 10.5 Å². The van der Waals surface area contributed by atoms with Crippen LogP contribution in [0.1, 0.15) is 47.4 Å². The van der Waals surface area contributed by atoms with E-state index in [-0.39, 0.29) is 28.6 Å². The molecule has 3 aromatic carbocycles. The minimum atomic E-state index is -0.682. The smallest absolute Gasteiger partial charge is 0.293 e. The number of nitro benzene ring substituents is 1. The summed E-state index contributed by atoms with van der Waals surface area (Å²) in [4.78, 5) is 26.5. The van der Waals surface area contributed by atoms with Crippen molar-refractivity contribution in [2.75, 3.05) is 4.90 Å². The number of halogens is 1. The van der Waals surface area contributed by atoms with Gasteiger partial charge >= 0.3 is 0 Å². The number of rotatable bonds is 6. The Bertz CT molecular complexity index is 1640. The summed E-state index contributed by atoms with van der Waals surface area (Å²) >= 11 is 3.43. The van der Waals surface area contributed by atoms with Crippen LogP contribution in [0, 0.1) is 35.3 Å². The lowest BCUT2D eigenvalue weighted by Gasteiger charge is -2.39. The first-order valence-corrected chi connectivity index (χ1v) is 13.7. The van der Waals surface area contributed by atoms with E-state index in [9.17, 15) is 20.2 Å². The van der Waals surface area contributed by atoms with Gasteiger partial charge in [-0.3, -0.25) is 19.8 Å². The molecular weight excluding hydrogens is 572 g/mol. The average molecular weight is 599 g/mol. The van der Waals surface area contributed by atoms with Crippen molar-refractivity contribution in [2.24, 2.45) is 5.73 Å². The van der Waals surface area contributed by atoms with Crippen molar-refractivity contribution in [1.82, 2.24) is 0 Å². The predicted octanol–water partition coefficient (Wildman–Crippen LogP) is 6.86. The standard InChI is InChI=1S/C31H27BrN4O4/c1-18-14-19(2)23(15-20(18)17-40-22-12-10-21(32)11-13-22)29-24(16-33)31(34)35(27-8-5-9-28(37)30(27)29)25-6-3-4-7-26(25)36(38)39/h3-4,6-7,10-15,29H,5,8-9,17,34H2,1-2H3. The number of ketones is 1. The molecule has 1 unspecified atom stereocenters. The van der Waals surface area contributed by atoms with Crippen LogP contribution >= 0.6 is 15.9 Å². The van der Waals surface area contributed by atoms with Crippen molar-refractivity contribution in [3.8, 4) is 11.8 Å². The number of hydrogen-bond acceptors (Lipinski definition) is 7. The van der Waals surface area contributed by atoms with Gasteiger partial charge in [-0.1, -0.05) is 40.2 Å². The van der Waals surface area contributed by atoms with Crippen LogP contribution in [0.5, 0.6) is 5.75 Å². The Kier molecular flexibility index (Phi) is 7.46. The number of Topliss-reactive ketones (excluding diaryl/α,β-unsaturated/α-hetero) is 1. The fraction of sp³-hybridized carbons (Fsp3) is 0.226. The molecular formula is C31H27BrN4O4. The number of benzene rings is 3. The Morgan fingerprint density at radius 3 is 2.55 bits per heavy atom. The Hall–Kier alpha value is -4.42. The second kappa shape index (κ2) is 11.0. The van der Waals surface area contributed by atoms with Crippen LogP contribution in [-0.2, 0) is 11.4 Å². The first-order chi connectivity index (χ1) is 19.2. The average Bonchev–Trinajstić information content (AvgIpc) is 2.93. The molecule has 0 amide bonds. The van der Waals surface area contributed by atoms with Gasteiger partial charge < -0.3 is 10.5 Å². The van der Waals surface area contributed by atoms with Crippen molar-refractivity contribution in [3.05, 3.63) is 120 Å². The van der Waals surface area contributed by atoms with Crippen LogP contribution in [0.4, 0.5) is 11.4 Å². The van der Waals surface area contributed by atoms with Crippen molar-refractivity contribution in [2.45, 2.75) is 45.6 Å². The number of anilines is 1. The fourth-order valence-corrected chi connectivity index (χ4v) is 5.82. The molecule has 9 heteroatoms. The van der Waals surface area contributed by atoms with Gasteiger partial charge in [0.05, 0.1) is 22.5 Å². The third-order valence-electron chi connectivity index (χ3n) is 7.48. The quantitative estimate of drug-likeness (QED) is 0.243. The lowest BCUT2D eigenvalue weighted by Crippen LogP contribution is -2.39. The van der Waals surface area contributed by atoms with Gasteiger partial charge in [0.2, 0.25) is 0 Å². The number of nitrogens with zero attached hydrogens (tertiary/aromatic N) is 3. The molecule has 0 fully saturated rings. The topological polar surface area (TPSA) is 122 Å². The lowest BCUT2D eigenvalue weighted by molar-refractivity contribution is -0.384. The second-order valence-electron chi connectivity index (χ2n) is 9.94. The summed E-state index contributed by atoms with van der Waals surface area (Å²) in [5, 5.41) is 22.3. The molecule has 0 bridgehead atoms. The van der Waals surface area contributed by atoms with Gasteiger partial charge in [-0.25, -0.2) is 0 Å². The summed E-state index contributed by atoms with van der Waals surface area (Å²) in [5.74, 6) is 0.0567. The number of nitriles is 1. The first-order valence-electron chi connectivity index (χ1n) is 12.9. The summed E-state index contributed by atoms with van der Waals surface area (Å²) in [6.45, 7) is 4.26. The summed E-state index contributed by atoms with van der Waals surface area (Å²) in [5.41, 5.74) is 11.7. The van der Waals surface area contributed by atoms with E-state index in [0.29, 0.717) is 37.1 Å². The highest BCUT2D eigenvalue weighted by Crippen LogP contribution is 2.48. The van der Waals surface area contributed by atoms with Gasteiger partial charge in [0.25, 0.3) is 5.69 Å². The zero-order valence-corrected chi connectivity index (χ0v) is 23.7. The number of aryl methyl sites for hydroxylation is 2. The van der Waals surface area contributed by atoms with Crippen LogP contribution in [0.25, 0.3) is 0 Å². The predicted molar refractivity (Wildman–Crippen MR) is 155 cm³/mol. The van der Waals surface area contributed by atoms with Gasteiger partial charge in [0, 0.05) is 28.2 Å². The molecule has 0 saturated carbocycles. The SMILES string of the molecule is Cc1cc(C)c(C2C(C#N)=C(N)N(c3ccccc3[N+](=O)[O-])C3=C2C(=O)CCC3)cc1COc1ccc(Br)cc1. The van der Waals surface area contributed by atoms with Gasteiger partial charge in [-0.15, -0.1) is 0 Å². The van der Waals surface area contributed by atoms with Crippen molar-refractivity contribution in [3.63, 3.8) is 0 Å². The maximum Gasteiger partial charge on any atom is 0.293 e. The molecule has 1 aliphatic carbocycles. The first kappa shape index (κ1) is 27.2. The Labute approximate surface area is 240 Å². The molecule has 1 atom stereocenters. The molecule has 8 nitrogen and oxygen atoms in total. The van der Waals surface area contributed by atoms with Crippen LogP contribution < -0.4 is 15.4 Å².